The Hall–Kier alpha value is -2.17. The van der Waals surface area contributed by atoms with E-state index in [1.165, 1.54) is 24.8 Å². The van der Waals surface area contributed by atoms with E-state index >= 15 is 0 Å². The van der Waals surface area contributed by atoms with Gasteiger partial charge >= 0.3 is 5.97 Å². The molecule has 21 heavy (non-hydrogen) atoms. The molecule has 0 aliphatic carbocycles. The first-order chi connectivity index (χ1) is 9.97. The van der Waals surface area contributed by atoms with Crippen LogP contribution in [-0.2, 0) is 17.7 Å². The molecule has 0 atom stereocenters. The normalized spacial score (nSPS) is 10.7. The summed E-state index contributed by atoms with van der Waals surface area (Å²) in [6.45, 7) is 6.55. The molecule has 0 aliphatic heterocycles. The van der Waals surface area contributed by atoms with Crippen molar-refractivity contribution >= 4 is 5.97 Å². The van der Waals surface area contributed by atoms with E-state index in [9.17, 15) is 9.18 Å². The van der Waals surface area contributed by atoms with E-state index in [4.69, 9.17) is 0 Å². The van der Waals surface area contributed by atoms with Crippen molar-refractivity contribution in [1.82, 2.24) is 9.78 Å². The third-order valence-corrected chi connectivity index (χ3v) is 3.66. The summed E-state index contributed by atoms with van der Waals surface area (Å²) < 4.78 is 20.3. The van der Waals surface area contributed by atoms with Gasteiger partial charge in [0.15, 0.2) is 0 Å². The molecule has 0 amide bonds. The first-order valence-electron chi connectivity index (χ1n) is 6.87. The Bertz CT molecular complexity index is 677. The molecule has 1 heterocycles. The van der Waals surface area contributed by atoms with Crippen LogP contribution >= 0.6 is 0 Å². The molecule has 0 aliphatic rings. The lowest BCUT2D eigenvalue weighted by Gasteiger charge is -2.07. The van der Waals surface area contributed by atoms with Gasteiger partial charge in [0, 0.05) is 5.69 Å². The summed E-state index contributed by atoms with van der Waals surface area (Å²) in [5.41, 5.74) is 4.02. The molecule has 0 N–H and O–H groups in total. The number of aromatic nitrogens is 2. The van der Waals surface area contributed by atoms with Crippen molar-refractivity contribution in [2.24, 2.45) is 0 Å². The van der Waals surface area contributed by atoms with E-state index in [2.05, 4.69) is 16.8 Å². The molecule has 2 aromatic rings. The van der Waals surface area contributed by atoms with Crippen LogP contribution in [0.1, 0.15) is 39.8 Å². The van der Waals surface area contributed by atoms with Gasteiger partial charge in [-0.3, -0.25) is 4.68 Å². The first kappa shape index (κ1) is 15.2. The molecular weight excluding hydrogens is 271 g/mol. The highest BCUT2D eigenvalue weighted by Crippen LogP contribution is 2.17. The molecule has 4 nitrogen and oxygen atoms in total. The minimum Gasteiger partial charge on any atom is -0.465 e. The summed E-state index contributed by atoms with van der Waals surface area (Å²) >= 11 is 0. The molecule has 0 radical (unpaired) electrons. The minimum absolute atomic E-state index is 0.0520. The van der Waals surface area contributed by atoms with Gasteiger partial charge in [-0.05, 0) is 43.5 Å². The van der Waals surface area contributed by atoms with Crippen molar-refractivity contribution in [3.63, 3.8) is 0 Å². The van der Waals surface area contributed by atoms with Gasteiger partial charge in [-0.15, -0.1) is 0 Å². The quantitative estimate of drug-likeness (QED) is 0.813. The van der Waals surface area contributed by atoms with E-state index in [0.717, 1.165) is 23.4 Å². The molecule has 0 saturated carbocycles. The van der Waals surface area contributed by atoms with Crippen molar-refractivity contribution < 1.29 is 13.9 Å². The Morgan fingerprint density at radius 2 is 2.10 bits per heavy atom. The van der Waals surface area contributed by atoms with Crippen LogP contribution in [0.2, 0.25) is 0 Å². The summed E-state index contributed by atoms with van der Waals surface area (Å²) in [6.07, 6.45) is 0.924. The maximum atomic E-state index is 13.9. The van der Waals surface area contributed by atoms with E-state index < -0.39 is 11.8 Å². The second-order valence-electron chi connectivity index (χ2n) is 4.97. The van der Waals surface area contributed by atoms with Crippen LogP contribution in [-0.4, -0.2) is 22.9 Å². The fraction of sp³-hybridized carbons (Fsp3) is 0.375. The Morgan fingerprint density at radius 3 is 2.62 bits per heavy atom. The molecule has 0 spiro atoms. The summed E-state index contributed by atoms with van der Waals surface area (Å²) in [6, 6.07) is 4.52. The highest BCUT2D eigenvalue weighted by Gasteiger charge is 2.14. The maximum absolute atomic E-state index is 13.9. The summed E-state index contributed by atoms with van der Waals surface area (Å²) in [4.78, 5) is 11.4. The standard InChI is InChI=1S/C16H19FN2O2/c1-5-13-10(2)18-19(11(13)3)9-12-6-7-14(15(17)8-12)16(20)21-4/h6-8H,5,9H2,1-4H3. The number of hydrogen-bond acceptors (Lipinski definition) is 3. The Balaban J connectivity index is 2.29. The average molecular weight is 290 g/mol. The molecule has 5 heteroatoms. The van der Waals surface area contributed by atoms with Gasteiger partial charge in [-0.25, -0.2) is 9.18 Å². The predicted molar refractivity (Wildman–Crippen MR) is 77.9 cm³/mol. The van der Waals surface area contributed by atoms with Gasteiger partial charge in [0.1, 0.15) is 5.82 Å². The average Bonchev–Trinajstić information content (AvgIpc) is 2.72. The van der Waals surface area contributed by atoms with Crippen LogP contribution in [0, 0.1) is 19.7 Å². The SMILES string of the molecule is CCc1c(C)nn(Cc2ccc(C(=O)OC)c(F)c2)c1C. The number of halogens is 1. The molecule has 0 saturated heterocycles. The number of carbonyl (C=O) groups excluding carboxylic acids is 1. The number of rotatable bonds is 4. The van der Waals surface area contributed by atoms with Crippen LogP contribution in [0.3, 0.4) is 0 Å². The highest BCUT2D eigenvalue weighted by atomic mass is 19.1. The van der Waals surface area contributed by atoms with Gasteiger partial charge in [0.2, 0.25) is 0 Å². The maximum Gasteiger partial charge on any atom is 0.340 e. The monoisotopic (exact) mass is 290 g/mol. The number of methoxy groups -OCH3 is 1. The number of nitrogens with zero attached hydrogens (tertiary/aromatic N) is 2. The molecule has 1 aromatic heterocycles. The lowest BCUT2D eigenvalue weighted by molar-refractivity contribution is 0.0595. The summed E-state index contributed by atoms with van der Waals surface area (Å²) in [7, 11) is 1.23. The van der Waals surface area contributed by atoms with E-state index in [0.29, 0.717) is 6.54 Å². The fourth-order valence-electron chi connectivity index (χ4n) is 2.51. The lowest BCUT2D eigenvalue weighted by Crippen LogP contribution is -2.08. The first-order valence-corrected chi connectivity index (χ1v) is 6.87. The second kappa shape index (κ2) is 6.08. The number of ether oxygens (including phenoxy) is 1. The van der Waals surface area contributed by atoms with Crippen molar-refractivity contribution in [3.05, 3.63) is 52.1 Å². The highest BCUT2D eigenvalue weighted by molar-refractivity contribution is 5.89. The van der Waals surface area contributed by atoms with Gasteiger partial charge in [-0.1, -0.05) is 13.0 Å². The molecule has 0 fully saturated rings. The number of carbonyl (C=O) groups is 1. The number of benzene rings is 1. The van der Waals surface area contributed by atoms with E-state index in [1.807, 2.05) is 18.5 Å². The van der Waals surface area contributed by atoms with Gasteiger partial charge in [0.25, 0.3) is 0 Å². The van der Waals surface area contributed by atoms with Crippen LogP contribution in [0.15, 0.2) is 18.2 Å². The van der Waals surface area contributed by atoms with Crippen LogP contribution in [0.5, 0.6) is 0 Å². The zero-order valence-electron chi connectivity index (χ0n) is 12.7. The largest absolute Gasteiger partial charge is 0.465 e. The van der Waals surface area contributed by atoms with Crippen LogP contribution in [0.4, 0.5) is 4.39 Å². The molecule has 2 rings (SSSR count). The van der Waals surface area contributed by atoms with Crippen LogP contribution < -0.4 is 0 Å². The molecule has 1 aromatic carbocycles. The zero-order chi connectivity index (χ0) is 15.6. The minimum atomic E-state index is -0.668. The molecular formula is C16H19FN2O2. The van der Waals surface area contributed by atoms with E-state index in [1.54, 1.807) is 6.07 Å². The molecule has 0 bridgehead atoms. The van der Waals surface area contributed by atoms with Crippen LogP contribution in [0.25, 0.3) is 0 Å². The predicted octanol–water partition coefficient (Wildman–Crippen LogP) is 3.04. The topological polar surface area (TPSA) is 44.1 Å². The second-order valence-corrected chi connectivity index (χ2v) is 4.97. The fourth-order valence-corrected chi connectivity index (χ4v) is 2.51. The third-order valence-electron chi connectivity index (χ3n) is 3.66. The number of hydrogen-bond donors (Lipinski definition) is 0. The summed E-state index contributed by atoms with van der Waals surface area (Å²) in [5.74, 6) is -1.24. The smallest absolute Gasteiger partial charge is 0.340 e. The summed E-state index contributed by atoms with van der Waals surface area (Å²) in [5, 5.41) is 4.48. The van der Waals surface area contributed by atoms with Crippen molar-refractivity contribution in [1.29, 1.82) is 0 Å². The third kappa shape index (κ3) is 2.96. The van der Waals surface area contributed by atoms with Crippen molar-refractivity contribution in [3.8, 4) is 0 Å². The van der Waals surface area contributed by atoms with Crippen molar-refractivity contribution in [2.75, 3.05) is 7.11 Å². The Labute approximate surface area is 123 Å². The Morgan fingerprint density at radius 1 is 1.38 bits per heavy atom. The molecule has 112 valence electrons. The van der Waals surface area contributed by atoms with Gasteiger partial charge < -0.3 is 4.74 Å². The van der Waals surface area contributed by atoms with E-state index in [-0.39, 0.29) is 5.56 Å². The Kier molecular flexibility index (Phi) is 4.40. The van der Waals surface area contributed by atoms with Gasteiger partial charge in [0.05, 0.1) is 24.9 Å². The van der Waals surface area contributed by atoms with Crippen molar-refractivity contribution in [2.45, 2.75) is 33.7 Å². The number of esters is 1. The lowest BCUT2D eigenvalue weighted by atomic mass is 10.1. The zero-order valence-corrected chi connectivity index (χ0v) is 12.7. The number of aryl methyl sites for hydroxylation is 1. The van der Waals surface area contributed by atoms with Gasteiger partial charge in [-0.2, -0.15) is 5.10 Å². The molecule has 0 unspecified atom stereocenters.